The topological polar surface area (TPSA) is 66.4 Å². The van der Waals surface area contributed by atoms with Gasteiger partial charge in [-0.25, -0.2) is 8.42 Å². The van der Waals surface area contributed by atoms with Crippen molar-refractivity contribution in [3.8, 4) is 0 Å². The molecule has 0 spiro atoms. The first kappa shape index (κ1) is 16.5. The van der Waals surface area contributed by atoms with Gasteiger partial charge in [-0.05, 0) is 51.9 Å². The molecule has 0 aromatic heterocycles. The molecule has 0 atom stereocenters. The largest absolute Gasteiger partial charge is 0.392 e. The van der Waals surface area contributed by atoms with Crippen LogP contribution in [0.5, 0.6) is 0 Å². The summed E-state index contributed by atoms with van der Waals surface area (Å²) in [5.74, 6) is -0.177. The van der Waals surface area contributed by atoms with E-state index in [-0.39, 0.29) is 12.4 Å². The van der Waals surface area contributed by atoms with Gasteiger partial charge in [-0.15, -0.1) is 0 Å². The molecule has 2 rings (SSSR count). The van der Waals surface area contributed by atoms with Gasteiger partial charge < -0.3 is 5.11 Å². The van der Waals surface area contributed by atoms with Gasteiger partial charge in [0.25, 0.3) is 0 Å². The van der Waals surface area contributed by atoms with Crippen LogP contribution in [0.4, 0.5) is 5.69 Å². The summed E-state index contributed by atoms with van der Waals surface area (Å²) in [5.41, 5.74) is 1.64. The second kappa shape index (κ2) is 6.95. The second-order valence-electron chi connectivity index (χ2n) is 4.46. The van der Waals surface area contributed by atoms with Gasteiger partial charge in [-0.2, -0.15) is 0 Å². The molecule has 21 heavy (non-hydrogen) atoms. The Balaban J connectivity index is 2.18. The summed E-state index contributed by atoms with van der Waals surface area (Å²) in [6.07, 6.45) is 0. The van der Waals surface area contributed by atoms with Crippen molar-refractivity contribution in [1.29, 1.82) is 0 Å². The molecule has 0 aliphatic carbocycles. The van der Waals surface area contributed by atoms with Crippen molar-refractivity contribution in [3.05, 3.63) is 62.2 Å². The smallest absolute Gasteiger partial charge is 0.236 e. The number of aliphatic hydroxyl groups excluding tert-OH is 1. The summed E-state index contributed by atoms with van der Waals surface area (Å²) in [6.45, 7) is -0.121. The quantitative estimate of drug-likeness (QED) is 0.705. The lowest BCUT2D eigenvalue weighted by atomic mass is 10.1. The Morgan fingerprint density at radius 1 is 1.14 bits per heavy atom. The molecule has 0 saturated heterocycles. The molecule has 112 valence electrons. The molecule has 0 aliphatic rings. The number of hydrogen-bond donors (Lipinski definition) is 2. The molecule has 0 amide bonds. The molecule has 0 bridgehead atoms. The first-order chi connectivity index (χ1) is 9.89. The maximum absolute atomic E-state index is 12.2. The van der Waals surface area contributed by atoms with E-state index >= 15 is 0 Å². The van der Waals surface area contributed by atoms with E-state index in [0.717, 1.165) is 3.57 Å². The van der Waals surface area contributed by atoms with Crippen LogP contribution in [0.2, 0.25) is 5.02 Å². The maximum atomic E-state index is 12.2. The van der Waals surface area contributed by atoms with E-state index in [4.69, 9.17) is 16.7 Å². The van der Waals surface area contributed by atoms with Gasteiger partial charge in [0.2, 0.25) is 10.0 Å². The van der Waals surface area contributed by atoms with E-state index in [1.165, 1.54) is 0 Å². The molecule has 7 heteroatoms. The average molecular weight is 438 g/mol. The number of sulfonamides is 1. The lowest BCUT2D eigenvalue weighted by molar-refractivity contribution is 0.282. The number of anilines is 1. The first-order valence-corrected chi connectivity index (χ1v) is 9.15. The predicted molar refractivity (Wildman–Crippen MR) is 92.8 cm³/mol. The summed E-state index contributed by atoms with van der Waals surface area (Å²) in [5, 5.41) is 9.43. The molecule has 0 fully saturated rings. The van der Waals surface area contributed by atoms with Crippen molar-refractivity contribution in [2.75, 3.05) is 4.72 Å². The SMILES string of the molecule is O=S(=O)(Cc1cccc(CO)c1)Nc1ccc(I)cc1Cl. The Kier molecular flexibility index (Phi) is 5.48. The molecule has 0 saturated carbocycles. The minimum Gasteiger partial charge on any atom is -0.392 e. The molecule has 2 aromatic carbocycles. The summed E-state index contributed by atoms with van der Waals surface area (Å²) in [7, 11) is -3.57. The second-order valence-corrected chi connectivity index (χ2v) is 7.84. The fraction of sp³-hybridized carbons (Fsp3) is 0.143. The van der Waals surface area contributed by atoms with Crippen molar-refractivity contribution >= 4 is 49.9 Å². The first-order valence-electron chi connectivity index (χ1n) is 6.04. The number of nitrogens with one attached hydrogen (secondary N) is 1. The molecule has 2 aromatic rings. The van der Waals surface area contributed by atoms with Crippen LogP contribution in [-0.4, -0.2) is 13.5 Å². The third kappa shape index (κ3) is 4.84. The van der Waals surface area contributed by atoms with Crippen molar-refractivity contribution in [1.82, 2.24) is 0 Å². The van der Waals surface area contributed by atoms with Crippen LogP contribution in [0.25, 0.3) is 0 Å². The molecular weight excluding hydrogens is 425 g/mol. The zero-order valence-corrected chi connectivity index (χ0v) is 14.6. The van der Waals surface area contributed by atoms with Gasteiger partial charge in [-0.3, -0.25) is 4.72 Å². The van der Waals surface area contributed by atoms with Gasteiger partial charge in [0, 0.05) is 3.57 Å². The number of aliphatic hydroxyl groups is 1. The Hall–Kier alpha value is -0.830. The third-order valence-corrected chi connectivity index (χ3v) is 4.96. The molecule has 2 N–H and O–H groups in total. The molecular formula is C14H13ClINO3S. The van der Waals surface area contributed by atoms with E-state index in [0.29, 0.717) is 21.8 Å². The fourth-order valence-corrected chi connectivity index (χ4v) is 3.98. The Labute approximate surface area is 142 Å². The van der Waals surface area contributed by atoms with Crippen molar-refractivity contribution < 1.29 is 13.5 Å². The van der Waals surface area contributed by atoms with Crippen LogP contribution in [-0.2, 0) is 22.4 Å². The highest BCUT2D eigenvalue weighted by Gasteiger charge is 2.14. The summed E-state index contributed by atoms with van der Waals surface area (Å²) in [4.78, 5) is 0. The maximum Gasteiger partial charge on any atom is 0.236 e. The number of rotatable bonds is 5. The predicted octanol–water partition coefficient (Wildman–Crippen LogP) is 3.38. The average Bonchev–Trinajstić information content (AvgIpc) is 2.41. The van der Waals surface area contributed by atoms with Crippen molar-refractivity contribution in [3.63, 3.8) is 0 Å². The molecule has 0 aliphatic heterocycles. The minimum atomic E-state index is -3.57. The van der Waals surface area contributed by atoms with Crippen LogP contribution in [0.1, 0.15) is 11.1 Å². The zero-order valence-electron chi connectivity index (χ0n) is 10.9. The normalized spacial score (nSPS) is 11.4. The molecule has 0 radical (unpaired) electrons. The Bertz CT molecular complexity index is 750. The van der Waals surface area contributed by atoms with E-state index in [1.807, 2.05) is 0 Å². The van der Waals surface area contributed by atoms with Crippen molar-refractivity contribution in [2.24, 2.45) is 0 Å². The van der Waals surface area contributed by atoms with Crippen LogP contribution in [0.15, 0.2) is 42.5 Å². The van der Waals surface area contributed by atoms with Gasteiger partial charge in [-0.1, -0.05) is 35.9 Å². The van der Waals surface area contributed by atoms with Crippen molar-refractivity contribution in [2.45, 2.75) is 12.4 Å². The van der Waals surface area contributed by atoms with Crippen LogP contribution in [0, 0.1) is 3.57 Å². The van der Waals surface area contributed by atoms with E-state index in [9.17, 15) is 8.42 Å². The van der Waals surface area contributed by atoms with Gasteiger partial charge in [0.15, 0.2) is 0 Å². The summed E-state index contributed by atoms with van der Waals surface area (Å²) < 4.78 is 27.7. The Morgan fingerprint density at radius 2 is 1.86 bits per heavy atom. The highest BCUT2D eigenvalue weighted by atomic mass is 127. The molecule has 0 unspecified atom stereocenters. The van der Waals surface area contributed by atoms with Gasteiger partial charge in [0.05, 0.1) is 23.1 Å². The molecule has 4 nitrogen and oxygen atoms in total. The monoisotopic (exact) mass is 437 g/mol. The van der Waals surface area contributed by atoms with Crippen LogP contribution < -0.4 is 4.72 Å². The van der Waals surface area contributed by atoms with E-state index < -0.39 is 10.0 Å². The Morgan fingerprint density at radius 3 is 2.52 bits per heavy atom. The van der Waals surface area contributed by atoms with Gasteiger partial charge >= 0.3 is 0 Å². The minimum absolute atomic E-state index is 0.121. The van der Waals surface area contributed by atoms with E-state index in [1.54, 1.807) is 42.5 Å². The lowest BCUT2D eigenvalue weighted by Gasteiger charge is -2.10. The number of benzene rings is 2. The van der Waals surface area contributed by atoms with E-state index in [2.05, 4.69) is 27.3 Å². The standard InChI is InChI=1S/C14H13ClINO3S/c15-13-7-12(16)4-5-14(13)17-21(19,20)9-11-3-1-2-10(6-11)8-18/h1-7,17-18H,8-9H2. The highest BCUT2D eigenvalue weighted by Crippen LogP contribution is 2.25. The molecule has 0 heterocycles. The zero-order chi connectivity index (χ0) is 15.5. The summed E-state index contributed by atoms with van der Waals surface area (Å²) in [6, 6.07) is 11.9. The fourth-order valence-electron chi connectivity index (χ4n) is 1.81. The summed E-state index contributed by atoms with van der Waals surface area (Å²) >= 11 is 8.12. The number of halogens is 2. The lowest BCUT2D eigenvalue weighted by Crippen LogP contribution is -2.15. The highest BCUT2D eigenvalue weighted by molar-refractivity contribution is 14.1. The van der Waals surface area contributed by atoms with Crippen LogP contribution in [0.3, 0.4) is 0 Å². The number of hydrogen-bond acceptors (Lipinski definition) is 3. The third-order valence-electron chi connectivity index (χ3n) is 2.73. The van der Waals surface area contributed by atoms with Gasteiger partial charge in [0.1, 0.15) is 0 Å². The van der Waals surface area contributed by atoms with Crippen LogP contribution >= 0.6 is 34.2 Å².